The summed E-state index contributed by atoms with van der Waals surface area (Å²) >= 11 is 1.54. The zero-order chi connectivity index (χ0) is 23.8. The summed E-state index contributed by atoms with van der Waals surface area (Å²) in [6.07, 6.45) is 5.53. The Morgan fingerprint density at radius 3 is 2.45 bits per heavy atom. The number of hydrogen-bond donors (Lipinski definition) is 1. The molecule has 10 heteroatoms. The first kappa shape index (κ1) is 25.1. The molecule has 33 heavy (non-hydrogen) atoms. The van der Waals surface area contributed by atoms with Crippen LogP contribution in [0.5, 0.6) is 5.75 Å². The first-order valence-corrected chi connectivity index (χ1v) is 13.3. The highest BCUT2D eigenvalue weighted by atomic mass is 32.2. The Hall–Kier alpha value is -2.56. The molecule has 178 valence electrons. The van der Waals surface area contributed by atoms with Gasteiger partial charge >= 0.3 is 5.97 Å². The zero-order valence-electron chi connectivity index (χ0n) is 18.7. The maximum Gasteiger partial charge on any atom is 0.342 e. The van der Waals surface area contributed by atoms with E-state index in [2.05, 4.69) is 5.32 Å². The quantitative estimate of drug-likeness (QED) is 0.442. The molecule has 2 aromatic carbocycles. The minimum atomic E-state index is -3.76. The van der Waals surface area contributed by atoms with Gasteiger partial charge in [0.25, 0.3) is 5.91 Å². The van der Waals surface area contributed by atoms with Gasteiger partial charge in [-0.1, -0.05) is 18.9 Å². The van der Waals surface area contributed by atoms with E-state index in [4.69, 9.17) is 9.47 Å². The topological polar surface area (TPSA) is 102 Å². The lowest BCUT2D eigenvalue weighted by Crippen LogP contribution is -2.32. The summed E-state index contributed by atoms with van der Waals surface area (Å²) in [5.74, 6) is -1.18. The average molecular weight is 493 g/mol. The molecule has 0 atom stereocenters. The Kier molecular flexibility index (Phi) is 8.76. The molecule has 0 bridgehead atoms. The van der Waals surface area contributed by atoms with Crippen molar-refractivity contribution in [2.75, 3.05) is 38.4 Å². The van der Waals surface area contributed by atoms with E-state index >= 15 is 0 Å². The molecule has 0 unspecified atom stereocenters. The van der Waals surface area contributed by atoms with Crippen molar-refractivity contribution in [3.05, 3.63) is 48.0 Å². The Morgan fingerprint density at radius 1 is 1.06 bits per heavy atom. The van der Waals surface area contributed by atoms with Gasteiger partial charge in [-0.25, -0.2) is 13.2 Å². The smallest absolute Gasteiger partial charge is 0.342 e. The molecule has 1 aliphatic rings. The van der Waals surface area contributed by atoms with Crippen molar-refractivity contribution in [3.63, 3.8) is 0 Å². The van der Waals surface area contributed by atoms with Gasteiger partial charge in [-0.3, -0.25) is 4.79 Å². The predicted molar refractivity (Wildman–Crippen MR) is 127 cm³/mol. The van der Waals surface area contributed by atoms with Crippen molar-refractivity contribution >= 4 is 39.3 Å². The first-order valence-electron chi connectivity index (χ1n) is 10.6. The normalized spacial score (nSPS) is 14.8. The summed E-state index contributed by atoms with van der Waals surface area (Å²) in [5.41, 5.74) is 0.539. The van der Waals surface area contributed by atoms with Gasteiger partial charge in [-0.2, -0.15) is 4.31 Å². The fourth-order valence-corrected chi connectivity index (χ4v) is 5.55. The third-order valence-corrected chi connectivity index (χ3v) is 7.90. The van der Waals surface area contributed by atoms with E-state index < -0.39 is 28.5 Å². The van der Waals surface area contributed by atoms with E-state index in [1.807, 2.05) is 24.5 Å². The maximum absolute atomic E-state index is 13.1. The highest BCUT2D eigenvalue weighted by Crippen LogP contribution is 2.27. The molecule has 0 aromatic heterocycles. The minimum Gasteiger partial charge on any atom is -0.496 e. The number of methoxy groups -OCH3 is 1. The number of anilines is 1. The fraction of sp³-hybridized carbons (Fsp3) is 0.391. The number of hydrogen-bond acceptors (Lipinski definition) is 7. The number of amides is 1. The van der Waals surface area contributed by atoms with E-state index in [0.29, 0.717) is 18.8 Å². The molecule has 1 fully saturated rings. The number of sulfonamides is 1. The van der Waals surface area contributed by atoms with E-state index in [1.54, 1.807) is 17.8 Å². The van der Waals surface area contributed by atoms with E-state index in [-0.39, 0.29) is 16.2 Å². The first-order chi connectivity index (χ1) is 15.8. The zero-order valence-corrected chi connectivity index (χ0v) is 20.3. The molecule has 1 amide bonds. The molecule has 0 spiro atoms. The summed E-state index contributed by atoms with van der Waals surface area (Å²) in [6, 6.07) is 11.4. The lowest BCUT2D eigenvalue weighted by molar-refractivity contribution is -0.119. The molecule has 1 heterocycles. The number of benzene rings is 2. The van der Waals surface area contributed by atoms with Crippen LogP contribution in [0.1, 0.15) is 36.0 Å². The summed E-state index contributed by atoms with van der Waals surface area (Å²) in [4.78, 5) is 25.9. The van der Waals surface area contributed by atoms with Crippen molar-refractivity contribution in [2.24, 2.45) is 0 Å². The number of carbonyl (C=O) groups excluding carboxylic acids is 2. The highest BCUT2D eigenvalue weighted by Gasteiger charge is 2.27. The van der Waals surface area contributed by atoms with Crippen molar-refractivity contribution in [2.45, 2.75) is 35.5 Å². The van der Waals surface area contributed by atoms with E-state index in [9.17, 15) is 18.0 Å². The Balaban J connectivity index is 1.71. The van der Waals surface area contributed by atoms with Crippen LogP contribution in [0.4, 0.5) is 5.69 Å². The summed E-state index contributed by atoms with van der Waals surface area (Å²) in [7, 11) is -2.38. The second-order valence-electron chi connectivity index (χ2n) is 7.54. The number of carbonyl (C=O) groups is 2. The monoisotopic (exact) mass is 492 g/mol. The van der Waals surface area contributed by atoms with Crippen molar-refractivity contribution < 1.29 is 27.5 Å². The second-order valence-corrected chi connectivity index (χ2v) is 10.4. The van der Waals surface area contributed by atoms with Gasteiger partial charge in [-0.15, -0.1) is 11.8 Å². The summed E-state index contributed by atoms with van der Waals surface area (Å²) < 4.78 is 38.0. The molecule has 1 N–H and O–H groups in total. The van der Waals surface area contributed by atoms with Crippen molar-refractivity contribution in [1.82, 2.24) is 4.31 Å². The van der Waals surface area contributed by atoms with Crippen LogP contribution in [0, 0.1) is 0 Å². The van der Waals surface area contributed by atoms with Crippen LogP contribution in [0.3, 0.4) is 0 Å². The largest absolute Gasteiger partial charge is 0.496 e. The van der Waals surface area contributed by atoms with Crippen LogP contribution in [-0.4, -0.2) is 57.7 Å². The lowest BCUT2D eigenvalue weighted by atomic mass is 10.2. The van der Waals surface area contributed by atoms with Crippen LogP contribution in [-0.2, 0) is 19.6 Å². The Morgan fingerprint density at radius 2 is 1.79 bits per heavy atom. The minimum absolute atomic E-state index is 0.00418. The van der Waals surface area contributed by atoms with Gasteiger partial charge in [-0.05, 0) is 55.5 Å². The van der Waals surface area contributed by atoms with Crippen molar-refractivity contribution in [3.8, 4) is 5.75 Å². The molecule has 1 saturated heterocycles. The maximum atomic E-state index is 13.1. The summed E-state index contributed by atoms with van der Waals surface area (Å²) in [5, 5.41) is 2.67. The third kappa shape index (κ3) is 6.49. The van der Waals surface area contributed by atoms with Crippen molar-refractivity contribution in [1.29, 1.82) is 0 Å². The predicted octanol–water partition coefficient (Wildman–Crippen LogP) is 3.78. The van der Waals surface area contributed by atoms with Crippen LogP contribution < -0.4 is 10.1 Å². The molecular formula is C23H28N2O6S2. The fourth-order valence-electron chi connectivity index (χ4n) is 3.54. The Labute approximate surface area is 198 Å². The van der Waals surface area contributed by atoms with Gasteiger partial charge in [0.1, 0.15) is 11.3 Å². The van der Waals surface area contributed by atoms with E-state index in [0.717, 1.165) is 30.6 Å². The third-order valence-electron chi connectivity index (χ3n) is 5.28. The molecule has 3 rings (SSSR count). The van der Waals surface area contributed by atoms with Crippen LogP contribution in [0.15, 0.2) is 52.3 Å². The van der Waals surface area contributed by atoms with Gasteiger partial charge in [0, 0.05) is 23.7 Å². The van der Waals surface area contributed by atoms with E-state index in [1.165, 1.54) is 29.6 Å². The average Bonchev–Trinajstić information content (AvgIpc) is 3.12. The Bertz CT molecular complexity index is 1100. The number of esters is 1. The number of thioether (sulfide) groups is 1. The molecule has 1 aliphatic heterocycles. The SMILES string of the molecule is COc1ccc(S(=O)(=O)N2CCCCCC2)cc1C(=O)OCC(=O)Nc1cccc(SC)c1. The molecule has 8 nitrogen and oxygen atoms in total. The molecule has 2 aromatic rings. The van der Waals surface area contributed by atoms with Gasteiger partial charge in [0.05, 0.1) is 12.0 Å². The molecule has 0 radical (unpaired) electrons. The summed E-state index contributed by atoms with van der Waals surface area (Å²) in [6.45, 7) is 0.382. The molecular weight excluding hydrogens is 464 g/mol. The number of nitrogens with zero attached hydrogens (tertiary/aromatic N) is 1. The van der Waals surface area contributed by atoms with Gasteiger partial charge < -0.3 is 14.8 Å². The molecule has 0 saturated carbocycles. The number of nitrogens with one attached hydrogen (secondary N) is 1. The van der Waals surface area contributed by atoms with Crippen LogP contribution in [0.25, 0.3) is 0 Å². The van der Waals surface area contributed by atoms with Crippen LogP contribution in [0.2, 0.25) is 0 Å². The van der Waals surface area contributed by atoms with Gasteiger partial charge in [0.15, 0.2) is 6.61 Å². The second kappa shape index (κ2) is 11.5. The standard InChI is InChI=1S/C23H28N2O6S2/c1-30-21-11-10-19(33(28,29)25-12-5-3-4-6-13-25)15-20(21)23(27)31-16-22(26)24-17-8-7-9-18(14-17)32-2/h7-11,14-15H,3-6,12-13,16H2,1-2H3,(H,24,26). The number of rotatable bonds is 8. The number of ether oxygens (including phenoxy) is 2. The molecule has 0 aliphatic carbocycles. The highest BCUT2D eigenvalue weighted by molar-refractivity contribution is 7.98. The van der Waals surface area contributed by atoms with Gasteiger partial charge in [0.2, 0.25) is 10.0 Å². The van der Waals surface area contributed by atoms with Crippen LogP contribution >= 0.6 is 11.8 Å². The lowest BCUT2D eigenvalue weighted by Gasteiger charge is -2.20.